The first-order valence-corrected chi connectivity index (χ1v) is 4.75. The molecule has 1 N–H and O–H groups in total. The van der Waals surface area contributed by atoms with Crippen molar-refractivity contribution in [2.24, 2.45) is 0 Å². The van der Waals surface area contributed by atoms with Crippen molar-refractivity contribution in [3.8, 4) is 0 Å². The predicted octanol–water partition coefficient (Wildman–Crippen LogP) is 2.68. The molecule has 1 aromatic heterocycles. The van der Waals surface area contributed by atoms with Crippen molar-refractivity contribution in [1.82, 2.24) is 10.3 Å². The highest BCUT2D eigenvalue weighted by molar-refractivity contribution is 5.16. The minimum atomic E-state index is -4.27. The molecule has 0 spiro atoms. The summed E-state index contributed by atoms with van der Waals surface area (Å²) in [6.07, 6.45) is -0.877. The summed E-state index contributed by atoms with van der Waals surface area (Å²) in [5, 5.41) is 2.47. The van der Waals surface area contributed by atoms with Crippen LogP contribution in [0.2, 0.25) is 0 Å². The largest absolute Gasteiger partial charge is 0.407 e. The topological polar surface area (TPSA) is 24.9 Å². The second-order valence-corrected chi connectivity index (χ2v) is 3.21. The lowest BCUT2D eigenvalue weighted by Gasteiger charge is -2.21. The van der Waals surface area contributed by atoms with E-state index in [1.54, 1.807) is 0 Å². The Balaban J connectivity index is 2.82. The summed E-state index contributed by atoms with van der Waals surface area (Å²) < 4.78 is 37.9. The zero-order valence-corrected chi connectivity index (χ0v) is 8.38. The summed E-state index contributed by atoms with van der Waals surface area (Å²) in [5.74, 6) is 0. The molecular weight excluding hydrogens is 205 g/mol. The third-order valence-electron chi connectivity index (χ3n) is 1.97. The first kappa shape index (κ1) is 12.0. The van der Waals surface area contributed by atoms with Crippen LogP contribution in [0.4, 0.5) is 13.2 Å². The lowest BCUT2D eigenvalue weighted by Crippen LogP contribution is -2.34. The van der Waals surface area contributed by atoms with Crippen LogP contribution in [-0.2, 0) is 0 Å². The Morgan fingerprint density at radius 3 is 2.40 bits per heavy atom. The minimum absolute atomic E-state index is 0.200. The molecule has 0 aromatic carbocycles. The van der Waals surface area contributed by atoms with E-state index in [1.807, 2.05) is 6.92 Å². The summed E-state index contributed by atoms with van der Waals surface area (Å²) in [6.45, 7) is 2.17. The predicted molar refractivity (Wildman–Crippen MR) is 51.3 cm³/mol. The Labute approximate surface area is 86.5 Å². The molecule has 2 nitrogen and oxygen atoms in total. The van der Waals surface area contributed by atoms with Gasteiger partial charge in [-0.2, -0.15) is 13.2 Å². The number of pyridine rings is 1. The molecule has 0 aliphatic heterocycles. The molecule has 1 atom stereocenters. The van der Waals surface area contributed by atoms with Gasteiger partial charge in [0.25, 0.3) is 0 Å². The Morgan fingerprint density at radius 1 is 1.33 bits per heavy atom. The average molecular weight is 218 g/mol. The number of alkyl halides is 3. The maximum absolute atomic E-state index is 12.6. The van der Waals surface area contributed by atoms with Crippen LogP contribution < -0.4 is 5.32 Å². The van der Waals surface area contributed by atoms with Gasteiger partial charge in [-0.05, 0) is 30.7 Å². The lowest BCUT2D eigenvalue weighted by molar-refractivity contribution is -0.157. The Morgan fingerprint density at radius 2 is 1.93 bits per heavy atom. The number of aromatic nitrogens is 1. The van der Waals surface area contributed by atoms with E-state index in [1.165, 1.54) is 24.5 Å². The number of rotatable bonds is 4. The van der Waals surface area contributed by atoms with Gasteiger partial charge in [0.1, 0.15) is 6.04 Å². The Hall–Kier alpha value is -1.10. The van der Waals surface area contributed by atoms with Crippen LogP contribution in [0.5, 0.6) is 0 Å². The maximum Gasteiger partial charge on any atom is 0.407 e. The van der Waals surface area contributed by atoms with Gasteiger partial charge in [-0.25, -0.2) is 0 Å². The van der Waals surface area contributed by atoms with E-state index in [4.69, 9.17) is 0 Å². The van der Waals surface area contributed by atoms with Crippen LogP contribution in [0.3, 0.4) is 0 Å². The summed E-state index contributed by atoms with van der Waals surface area (Å²) >= 11 is 0. The monoisotopic (exact) mass is 218 g/mol. The molecule has 0 saturated carbocycles. The highest BCUT2D eigenvalue weighted by atomic mass is 19.4. The molecule has 5 heteroatoms. The fourth-order valence-electron chi connectivity index (χ4n) is 1.27. The van der Waals surface area contributed by atoms with Gasteiger partial charge in [0.15, 0.2) is 0 Å². The number of hydrogen-bond donors (Lipinski definition) is 1. The molecule has 1 aromatic rings. The standard InChI is InChI=1S/C10H13F3N2/c1-2-5-15-9(10(11,12)13)8-3-6-14-7-4-8/h3-4,6-7,9,15H,2,5H2,1H3. The van der Waals surface area contributed by atoms with Crippen molar-refractivity contribution in [2.45, 2.75) is 25.6 Å². The van der Waals surface area contributed by atoms with Gasteiger partial charge >= 0.3 is 6.18 Å². The van der Waals surface area contributed by atoms with Crippen molar-refractivity contribution < 1.29 is 13.2 Å². The molecular formula is C10H13F3N2. The molecule has 0 amide bonds. The van der Waals surface area contributed by atoms with Crippen molar-refractivity contribution in [2.75, 3.05) is 6.54 Å². The van der Waals surface area contributed by atoms with Gasteiger partial charge in [0.2, 0.25) is 0 Å². The third kappa shape index (κ3) is 3.51. The molecule has 0 bridgehead atoms. The molecule has 0 radical (unpaired) electrons. The van der Waals surface area contributed by atoms with Crippen LogP contribution in [0.1, 0.15) is 24.9 Å². The van der Waals surface area contributed by atoms with E-state index in [2.05, 4.69) is 10.3 Å². The van der Waals surface area contributed by atoms with Crippen LogP contribution in [0.25, 0.3) is 0 Å². The molecule has 0 fully saturated rings. The van der Waals surface area contributed by atoms with E-state index in [0.717, 1.165) is 0 Å². The average Bonchev–Trinajstić information content (AvgIpc) is 2.18. The van der Waals surface area contributed by atoms with Gasteiger partial charge < -0.3 is 5.32 Å². The van der Waals surface area contributed by atoms with Crippen LogP contribution in [-0.4, -0.2) is 17.7 Å². The molecule has 0 aliphatic carbocycles. The van der Waals surface area contributed by atoms with Gasteiger partial charge in [-0.1, -0.05) is 6.92 Å². The fraction of sp³-hybridized carbons (Fsp3) is 0.500. The molecule has 1 unspecified atom stereocenters. The van der Waals surface area contributed by atoms with E-state index in [-0.39, 0.29) is 5.56 Å². The Bertz CT molecular complexity index is 284. The molecule has 0 aliphatic rings. The van der Waals surface area contributed by atoms with Crippen LogP contribution in [0.15, 0.2) is 24.5 Å². The second-order valence-electron chi connectivity index (χ2n) is 3.21. The SMILES string of the molecule is CCCNC(c1ccncc1)C(F)(F)F. The highest BCUT2D eigenvalue weighted by Gasteiger charge is 2.40. The summed E-state index contributed by atoms with van der Waals surface area (Å²) in [4.78, 5) is 3.69. The zero-order valence-electron chi connectivity index (χ0n) is 8.38. The minimum Gasteiger partial charge on any atom is -0.302 e. The van der Waals surface area contributed by atoms with E-state index >= 15 is 0 Å². The first-order valence-electron chi connectivity index (χ1n) is 4.75. The number of hydrogen-bond acceptors (Lipinski definition) is 2. The summed E-state index contributed by atoms with van der Waals surface area (Å²) in [6, 6.07) is 1.15. The second kappa shape index (κ2) is 5.11. The first-order chi connectivity index (χ1) is 7.05. The van der Waals surface area contributed by atoms with Gasteiger partial charge in [-0.3, -0.25) is 4.98 Å². The molecule has 1 rings (SSSR count). The fourth-order valence-corrected chi connectivity index (χ4v) is 1.27. The van der Waals surface area contributed by atoms with Gasteiger partial charge in [0.05, 0.1) is 0 Å². The summed E-state index contributed by atoms with van der Waals surface area (Å²) in [7, 11) is 0. The van der Waals surface area contributed by atoms with E-state index in [9.17, 15) is 13.2 Å². The van der Waals surface area contributed by atoms with Crippen LogP contribution in [0, 0.1) is 0 Å². The van der Waals surface area contributed by atoms with E-state index < -0.39 is 12.2 Å². The van der Waals surface area contributed by atoms with Crippen molar-refractivity contribution in [3.63, 3.8) is 0 Å². The quantitative estimate of drug-likeness (QED) is 0.840. The smallest absolute Gasteiger partial charge is 0.302 e. The third-order valence-corrected chi connectivity index (χ3v) is 1.97. The van der Waals surface area contributed by atoms with Crippen molar-refractivity contribution in [3.05, 3.63) is 30.1 Å². The summed E-state index contributed by atoms with van der Waals surface area (Å²) in [5.41, 5.74) is 0.200. The van der Waals surface area contributed by atoms with Gasteiger partial charge in [0, 0.05) is 12.4 Å². The normalized spacial score (nSPS) is 13.9. The van der Waals surface area contributed by atoms with Crippen LogP contribution >= 0.6 is 0 Å². The van der Waals surface area contributed by atoms with Crippen molar-refractivity contribution >= 4 is 0 Å². The highest BCUT2D eigenvalue weighted by Crippen LogP contribution is 2.32. The number of nitrogens with zero attached hydrogens (tertiary/aromatic N) is 1. The molecule has 0 saturated heterocycles. The maximum atomic E-state index is 12.6. The number of nitrogens with one attached hydrogen (secondary N) is 1. The lowest BCUT2D eigenvalue weighted by atomic mass is 10.1. The zero-order chi connectivity index (χ0) is 11.3. The Kier molecular flexibility index (Phi) is 4.08. The molecule has 1 heterocycles. The molecule has 15 heavy (non-hydrogen) atoms. The number of halogens is 3. The molecule has 84 valence electrons. The van der Waals surface area contributed by atoms with E-state index in [0.29, 0.717) is 13.0 Å². The van der Waals surface area contributed by atoms with Crippen molar-refractivity contribution in [1.29, 1.82) is 0 Å². The van der Waals surface area contributed by atoms with Gasteiger partial charge in [-0.15, -0.1) is 0 Å².